The molecular formula is C48H42BIN8O4. The van der Waals surface area contributed by atoms with E-state index in [1.165, 1.54) is 29.3 Å². The second-order valence-electron chi connectivity index (χ2n) is 16.1. The fraction of sp³-hybridized carbons (Fsp3) is 0.208. The van der Waals surface area contributed by atoms with Crippen molar-refractivity contribution in [3.8, 4) is 33.4 Å². The second kappa shape index (κ2) is 16.2. The van der Waals surface area contributed by atoms with Gasteiger partial charge in [0.15, 0.2) is 0 Å². The van der Waals surface area contributed by atoms with E-state index in [1.807, 2.05) is 58.2 Å². The van der Waals surface area contributed by atoms with Crippen molar-refractivity contribution in [2.45, 2.75) is 65.2 Å². The van der Waals surface area contributed by atoms with Crippen LogP contribution in [0.1, 0.15) is 72.1 Å². The van der Waals surface area contributed by atoms with E-state index in [-0.39, 0.29) is 0 Å². The zero-order valence-electron chi connectivity index (χ0n) is 34.6. The summed E-state index contributed by atoms with van der Waals surface area (Å²) in [4.78, 5) is 25.5. The van der Waals surface area contributed by atoms with Gasteiger partial charge in [0.1, 0.15) is 28.7 Å². The molecule has 12 nitrogen and oxygen atoms in total. The highest BCUT2D eigenvalue weighted by Crippen LogP contribution is 2.43. The molecule has 0 radical (unpaired) electrons. The van der Waals surface area contributed by atoms with Crippen LogP contribution < -0.4 is 5.46 Å². The highest BCUT2D eigenvalue weighted by molar-refractivity contribution is 14.1. The Balaban J connectivity index is 0.000000120. The Morgan fingerprint density at radius 1 is 0.597 bits per heavy atom. The van der Waals surface area contributed by atoms with E-state index in [4.69, 9.17) is 29.1 Å². The number of imidazole rings is 2. The molecule has 2 aliphatic carbocycles. The van der Waals surface area contributed by atoms with Crippen LogP contribution in [0.3, 0.4) is 0 Å². The molecule has 2 saturated carbocycles. The molecule has 6 heterocycles. The van der Waals surface area contributed by atoms with Gasteiger partial charge in [-0.15, -0.1) is 0 Å². The number of aryl methyl sites for hydroxylation is 4. The lowest BCUT2D eigenvalue weighted by molar-refractivity contribution is 0.393. The number of benzene rings is 4. The summed E-state index contributed by atoms with van der Waals surface area (Å²) in [5.41, 5.74) is 14.7. The van der Waals surface area contributed by atoms with Gasteiger partial charge in [-0.1, -0.05) is 58.8 Å². The molecule has 2 fully saturated rings. The van der Waals surface area contributed by atoms with Gasteiger partial charge in [0.2, 0.25) is 0 Å². The average Bonchev–Trinajstić information content (AvgIpc) is 4.17. The zero-order valence-corrected chi connectivity index (χ0v) is 36.7. The molecule has 10 aromatic rings. The fourth-order valence-electron chi connectivity index (χ4n) is 8.27. The standard InChI is InChI=1S/C24H20N4O.C15H14IN3O.C9H8BNO2/c1-13-21(14(2)29-28-13)17-11-19(18-7-3-5-15-6-4-10-25-22(15)18)23-20(12-17)26-24(27-23)16-8-9-16;1-7-13(8(2)20-19-7)10-5-11(16)14-12(6-10)17-15(18-14)9-3-4-9;12-10(13)8-5-1-3-7-4-2-6-11-9(7)8/h3-7,10-12,16H,8-9H2,1-2H3,(H,26,27);5-6,9H,3-4H2,1-2H3,(H,17,18);1-6,12-13H. The summed E-state index contributed by atoms with van der Waals surface area (Å²) in [7, 11) is -1.46. The Morgan fingerprint density at radius 3 is 1.68 bits per heavy atom. The summed E-state index contributed by atoms with van der Waals surface area (Å²) >= 11 is 2.36. The number of nitrogens with one attached hydrogen (secondary N) is 2. The highest BCUT2D eigenvalue weighted by atomic mass is 127. The third-order valence-corrected chi connectivity index (χ3v) is 12.4. The van der Waals surface area contributed by atoms with E-state index in [1.54, 1.807) is 18.3 Å². The molecule has 0 atom stereocenters. The molecule has 62 heavy (non-hydrogen) atoms. The van der Waals surface area contributed by atoms with Crippen LogP contribution in [0, 0.1) is 31.3 Å². The number of pyridine rings is 2. The fourth-order valence-corrected chi connectivity index (χ4v) is 9.02. The maximum Gasteiger partial charge on any atom is 0.490 e. The van der Waals surface area contributed by atoms with Crippen LogP contribution in [0.25, 0.3) is 77.3 Å². The van der Waals surface area contributed by atoms with Gasteiger partial charge in [0.25, 0.3) is 0 Å². The molecule has 6 aromatic heterocycles. The SMILES string of the molecule is Cc1noc(C)c1-c1cc(-c2cccc3cccnc23)c2nc(C3CC3)[nH]c2c1.Cc1noc(C)c1-c1cc(I)c2nc(C3CC3)[nH]c2c1.OB(O)c1cccc2cccnc12. The minimum atomic E-state index is -1.46. The van der Waals surface area contributed by atoms with Crippen molar-refractivity contribution in [2.75, 3.05) is 0 Å². The van der Waals surface area contributed by atoms with Crippen molar-refractivity contribution in [2.24, 2.45) is 0 Å². The molecule has 4 aromatic carbocycles. The molecule has 14 heteroatoms. The Hall–Kier alpha value is -6.23. The van der Waals surface area contributed by atoms with Gasteiger partial charge < -0.3 is 29.1 Å². The first kappa shape index (κ1) is 39.9. The quantitative estimate of drug-likeness (QED) is 0.0928. The first-order valence-electron chi connectivity index (χ1n) is 20.7. The maximum atomic E-state index is 9.04. The third kappa shape index (κ3) is 7.67. The van der Waals surface area contributed by atoms with Gasteiger partial charge >= 0.3 is 7.12 Å². The largest absolute Gasteiger partial charge is 0.490 e. The number of aromatic amines is 2. The Labute approximate surface area is 370 Å². The lowest BCUT2D eigenvalue weighted by atomic mass is 9.79. The number of rotatable bonds is 6. The summed E-state index contributed by atoms with van der Waals surface area (Å²) < 4.78 is 11.9. The van der Waals surface area contributed by atoms with Crippen LogP contribution in [0.2, 0.25) is 0 Å². The van der Waals surface area contributed by atoms with Gasteiger partial charge in [-0.25, -0.2) is 9.97 Å². The summed E-state index contributed by atoms with van der Waals surface area (Å²) in [5.74, 6) is 5.11. The van der Waals surface area contributed by atoms with Crippen LogP contribution in [-0.2, 0) is 0 Å². The second-order valence-corrected chi connectivity index (χ2v) is 17.3. The lowest BCUT2D eigenvalue weighted by Gasteiger charge is -2.10. The van der Waals surface area contributed by atoms with Gasteiger partial charge in [-0.05, 0) is 129 Å². The number of para-hydroxylation sites is 2. The smallest absolute Gasteiger partial charge is 0.423 e. The Bertz CT molecular complexity index is 3240. The Kier molecular flexibility index (Phi) is 10.4. The molecule has 2 aliphatic rings. The van der Waals surface area contributed by atoms with Crippen LogP contribution in [0.5, 0.6) is 0 Å². The number of fused-ring (bicyclic) bond motifs is 4. The molecule has 0 bridgehead atoms. The summed E-state index contributed by atoms with van der Waals surface area (Å²) in [6.07, 6.45) is 8.42. The predicted molar refractivity (Wildman–Crippen MR) is 251 cm³/mol. The van der Waals surface area contributed by atoms with E-state index >= 15 is 0 Å². The number of hydrogen-bond acceptors (Lipinski definition) is 10. The van der Waals surface area contributed by atoms with Crippen molar-refractivity contribution < 1.29 is 19.1 Å². The van der Waals surface area contributed by atoms with E-state index < -0.39 is 7.12 Å². The highest BCUT2D eigenvalue weighted by Gasteiger charge is 2.29. The average molecular weight is 933 g/mol. The van der Waals surface area contributed by atoms with Crippen LogP contribution in [0.4, 0.5) is 0 Å². The zero-order chi connectivity index (χ0) is 42.6. The summed E-state index contributed by atoms with van der Waals surface area (Å²) in [5, 5.41) is 28.3. The topological polar surface area (TPSA) is 176 Å². The predicted octanol–water partition coefficient (Wildman–Crippen LogP) is 10.2. The van der Waals surface area contributed by atoms with Crippen LogP contribution in [-0.4, -0.2) is 57.4 Å². The third-order valence-electron chi connectivity index (χ3n) is 11.6. The number of H-pyrrole nitrogens is 2. The minimum absolute atomic E-state index is 0.443. The van der Waals surface area contributed by atoms with Crippen molar-refractivity contribution in [3.05, 3.63) is 135 Å². The molecule has 12 rings (SSSR count). The number of nitrogens with zero attached hydrogens (tertiary/aromatic N) is 6. The van der Waals surface area contributed by atoms with Crippen LogP contribution in [0.15, 0.2) is 106 Å². The molecule has 0 amide bonds. The summed E-state index contributed by atoms with van der Waals surface area (Å²) in [6.45, 7) is 7.87. The van der Waals surface area contributed by atoms with Gasteiger partial charge in [0, 0.05) is 60.9 Å². The normalized spacial score (nSPS) is 13.7. The first-order valence-corrected chi connectivity index (χ1v) is 21.8. The first-order chi connectivity index (χ1) is 30.1. The molecule has 0 saturated heterocycles. The van der Waals surface area contributed by atoms with Gasteiger partial charge in [-0.2, -0.15) is 0 Å². The maximum absolute atomic E-state index is 9.04. The van der Waals surface area contributed by atoms with Gasteiger partial charge in [-0.3, -0.25) is 9.97 Å². The lowest BCUT2D eigenvalue weighted by Crippen LogP contribution is -2.30. The number of halogens is 1. The number of hydrogen-bond donors (Lipinski definition) is 4. The van der Waals surface area contributed by atoms with E-state index in [0.29, 0.717) is 22.8 Å². The molecular weight excluding hydrogens is 890 g/mol. The van der Waals surface area contributed by atoms with Crippen molar-refractivity contribution in [1.29, 1.82) is 0 Å². The van der Waals surface area contributed by atoms with Crippen molar-refractivity contribution in [1.82, 2.24) is 40.2 Å². The molecule has 308 valence electrons. The molecule has 0 unspecified atom stereocenters. The van der Waals surface area contributed by atoms with Crippen molar-refractivity contribution >= 4 is 79.0 Å². The minimum Gasteiger partial charge on any atom is -0.423 e. The van der Waals surface area contributed by atoms with E-state index in [2.05, 4.69) is 101 Å². The molecule has 4 N–H and O–H groups in total. The van der Waals surface area contributed by atoms with E-state index in [0.717, 1.165) is 106 Å². The van der Waals surface area contributed by atoms with E-state index in [9.17, 15) is 0 Å². The molecule has 0 spiro atoms. The monoisotopic (exact) mass is 932 g/mol. The number of aromatic nitrogens is 8. The van der Waals surface area contributed by atoms with Crippen LogP contribution >= 0.6 is 22.6 Å². The Morgan fingerprint density at radius 2 is 1.11 bits per heavy atom. The molecule has 0 aliphatic heterocycles. The van der Waals surface area contributed by atoms with Gasteiger partial charge in [0.05, 0.1) is 39.0 Å². The van der Waals surface area contributed by atoms with Crippen molar-refractivity contribution in [3.63, 3.8) is 0 Å². The summed E-state index contributed by atoms with van der Waals surface area (Å²) in [6, 6.07) is 28.1.